The zero-order valence-corrected chi connectivity index (χ0v) is 23.5. The number of anilines is 3. The number of ketones is 1. The van der Waals surface area contributed by atoms with Gasteiger partial charge in [-0.05, 0) is 54.2 Å². The van der Waals surface area contributed by atoms with Gasteiger partial charge in [0.2, 0.25) is 0 Å². The fraction of sp³-hybridized carbons (Fsp3) is 0.355. The van der Waals surface area contributed by atoms with Crippen LogP contribution in [0.2, 0.25) is 0 Å². The molecule has 4 aromatic rings. The minimum atomic E-state index is -3.43. The summed E-state index contributed by atoms with van der Waals surface area (Å²) in [7, 11) is -3.43. The number of hydrogen-bond donors (Lipinski definition) is 1. The summed E-state index contributed by atoms with van der Waals surface area (Å²) in [5.41, 5.74) is 6.58. The molecule has 8 nitrogen and oxygen atoms in total. The molecule has 40 heavy (non-hydrogen) atoms. The van der Waals surface area contributed by atoms with Gasteiger partial charge in [0.05, 0.1) is 4.90 Å². The number of piperazine rings is 1. The normalized spacial score (nSPS) is 21.1. The third kappa shape index (κ3) is 4.57. The van der Waals surface area contributed by atoms with E-state index in [2.05, 4.69) is 33.1 Å². The van der Waals surface area contributed by atoms with Gasteiger partial charge in [-0.15, -0.1) is 0 Å². The first-order valence-corrected chi connectivity index (χ1v) is 15.8. The van der Waals surface area contributed by atoms with Crippen LogP contribution in [0.4, 0.5) is 17.4 Å². The highest BCUT2D eigenvalue weighted by molar-refractivity contribution is 7.90. The van der Waals surface area contributed by atoms with Crippen molar-refractivity contribution in [1.82, 2.24) is 9.88 Å². The second-order valence-corrected chi connectivity index (χ2v) is 13.5. The van der Waals surface area contributed by atoms with Gasteiger partial charge >= 0.3 is 0 Å². The lowest BCUT2D eigenvalue weighted by atomic mass is 10.00. The van der Waals surface area contributed by atoms with Crippen molar-refractivity contribution in [2.24, 2.45) is 5.92 Å². The minimum Gasteiger partial charge on any atom is -0.423 e. The summed E-state index contributed by atoms with van der Waals surface area (Å²) in [5.74, 6) is 0.883. The number of para-hydroxylation sites is 1. The summed E-state index contributed by atoms with van der Waals surface area (Å²) in [6.07, 6.45) is 3.72. The molecule has 0 spiro atoms. The van der Waals surface area contributed by atoms with Gasteiger partial charge < -0.3 is 14.6 Å². The van der Waals surface area contributed by atoms with Crippen LogP contribution in [-0.4, -0.2) is 62.6 Å². The zero-order valence-electron chi connectivity index (χ0n) is 22.7. The van der Waals surface area contributed by atoms with Crippen molar-refractivity contribution in [2.75, 3.05) is 42.7 Å². The topological polar surface area (TPSA) is 95.7 Å². The number of aromatic nitrogens is 1. The molecule has 2 saturated heterocycles. The SMILES string of the molecule is CC1CC2CN(c3cc(Nc4nc5cccc(-c6ccc7c(c6)CCC7=O)c5o4)cc(S(C)(=O)=O)c3)CCN2C1. The molecule has 2 atom stereocenters. The van der Waals surface area contributed by atoms with Crippen LogP contribution in [0.15, 0.2) is 63.9 Å². The number of fused-ring (bicyclic) bond motifs is 3. The van der Waals surface area contributed by atoms with Gasteiger partial charge in [-0.3, -0.25) is 9.69 Å². The number of sulfone groups is 1. The average molecular weight is 557 g/mol. The molecule has 2 unspecified atom stereocenters. The number of benzene rings is 3. The summed E-state index contributed by atoms with van der Waals surface area (Å²) >= 11 is 0. The van der Waals surface area contributed by atoms with E-state index in [0.717, 1.165) is 60.5 Å². The van der Waals surface area contributed by atoms with Gasteiger partial charge in [0, 0.05) is 67.4 Å². The Bertz CT molecular complexity index is 1760. The number of carbonyl (C=O) groups excluding carboxylic acids is 1. The van der Waals surface area contributed by atoms with Crippen LogP contribution in [0.3, 0.4) is 0 Å². The Balaban J connectivity index is 1.22. The lowest BCUT2D eigenvalue weighted by molar-refractivity contribution is 0.0994. The highest BCUT2D eigenvalue weighted by Crippen LogP contribution is 2.36. The summed E-state index contributed by atoms with van der Waals surface area (Å²) in [6.45, 7) is 6.15. The van der Waals surface area contributed by atoms with Crippen LogP contribution < -0.4 is 10.2 Å². The number of Topliss-reactive ketones (excluding diaryl/α,β-unsaturated/α-hetero) is 1. The van der Waals surface area contributed by atoms with Crippen molar-refractivity contribution in [1.29, 1.82) is 0 Å². The molecule has 7 rings (SSSR count). The van der Waals surface area contributed by atoms with E-state index in [1.165, 1.54) is 12.7 Å². The van der Waals surface area contributed by atoms with Gasteiger partial charge in [-0.2, -0.15) is 4.98 Å². The summed E-state index contributed by atoms with van der Waals surface area (Å²) in [5, 5.41) is 3.24. The molecule has 3 heterocycles. The van der Waals surface area contributed by atoms with Gasteiger partial charge in [0.15, 0.2) is 21.2 Å². The highest BCUT2D eigenvalue weighted by atomic mass is 32.2. The molecular weight excluding hydrogens is 524 g/mol. The Labute approximate surface area is 233 Å². The Kier molecular flexibility index (Phi) is 5.98. The number of nitrogens with one attached hydrogen (secondary N) is 1. The number of carbonyl (C=O) groups is 1. The summed E-state index contributed by atoms with van der Waals surface area (Å²) < 4.78 is 31.5. The molecule has 1 N–H and O–H groups in total. The van der Waals surface area contributed by atoms with E-state index in [0.29, 0.717) is 41.2 Å². The molecule has 206 valence electrons. The van der Waals surface area contributed by atoms with E-state index < -0.39 is 9.84 Å². The number of aryl methyl sites for hydroxylation is 1. The van der Waals surface area contributed by atoms with E-state index in [9.17, 15) is 13.2 Å². The summed E-state index contributed by atoms with van der Waals surface area (Å²) in [4.78, 5) is 21.9. The van der Waals surface area contributed by atoms with Crippen LogP contribution in [0.5, 0.6) is 0 Å². The Morgan fingerprint density at radius 1 is 1.00 bits per heavy atom. The largest absolute Gasteiger partial charge is 0.423 e. The molecule has 2 fully saturated rings. The van der Waals surface area contributed by atoms with Gasteiger partial charge in [0.25, 0.3) is 6.01 Å². The van der Waals surface area contributed by atoms with E-state index in [1.807, 2.05) is 36.4 Å². The lowest BCUT2D eigenvalue weighted by Crippen LogP contribution is -2.50. The third-order valence-electron chi connectivity index (χ3n) is 8.51. The second-order valence-electron chi connectivity index (χ2n) is 11.5. The molecule has 0 amide bonds. The molecule has 2 aliphatic heterocycles. The molecule has 1 aliphatic carbocycles. The Morgan fingerprint density at radius 2 is 1.88 bits per heavy atom. The summed E-state index contributed by atoms with van der Waals surface area (Å²) in [6, 6.07) is 17.9. The lowest BCUT2D eigenvalue weighted by Gasteiger charge is -2.39. The maximum atomic E-state index is 12.6. The number of oxazole rings is 1. The van der Waals surface area contributed by atoms with Gasteiger partial charge in [-0.1, -0.05) is 37.3 Å². The van der Waals surface area contributed by atoms with Crippen LogP contribution in [0.25, 0.3) is 22.2 Å². The number of rotatable bonds is 5. The standard InChI is InChI=1S/C31H32N4O4S/c1-19-12-24-18-35(11-10-34(24)17-19)23-14-22(15-25(16-23)40(2,37)38)32-31-33-28-5-3-4-27(30(28)39-31)21-6-8-26-20(13-21)7-9-29(26)36/h3-6,8,13-16,19,24H,7,9-12,17-18H2,1-2H3,(H,32,33). The van der Waals surface area contributed by atoms with Crippen molar-refractivity contribution in [3.05, 3.63) is 65.7 Å². The Hall–Kier alpha value is -3.69. The van der Waals surface area contributed by atoms with E-state index in [4.69, 9.17) is 4.42 Å². The first-order chi connectivity index (χ1) is 19.2. The molecule has 3 aromatic carbocycles. The maximum Gasteiger partial charge on any atom is 0.300 e. The molecule has 0 saturated carbocycles. The van der Waals surface area contributed by atoms with Crippen molar-refractivity contribution < 1.29 is 17.6 Å². The molecular formula is C31H32N4O4S. The quantitative estimate of drug-likeness (QED) is 0.354. The predicted molar refractivity (Wildman–Crippen MR) is 156 cm³/mol. The molecule has 0 radical (unpaired) electrons. The van der Waals surface area contributed by atoms with Crippen molar-refractivity contribution >= 4 is 44.1 Å². The fourth-order valence-corrected chi connectivity index (χ4v) is 7.23. The molecule has 1 aromatic heterocycles. The highest BCUT2D eigenvalue weighted by Gasteiger charge is 2.34. The van der Waals surface area contributed by atoms with Crippen molar-refractivity contribution in [2.45, 2.75) is 37.1 Å². The van der Waals surface area contributed by atoms with Crippen molar-refractivity contribution in [3.8, 4) is 11.1 Å². The molecule has 0 bridgehead atoms. The van der Waals surface area contributed by atoms with Crippen LogP contribution in [-0.2, 0) is 16.3 Å². The second kappa shape index (κ2) is 9.45. The van der Waals surface area contributed by atoms with Gasteiger partial charge in [-0.25, -0.2) is 8.42 Å². The Morgan fingerprint density at radius 3 is 2.73 bits per heavy atom. The number of nitrogens with zero attached hydrogens (tertiary/aromatic N) is 3. The monoisotopic (exact) mass is 556 g/mol. The zero-order chi connectivity index (χ0) is 27.6. The van der Waals surface area contributed by atoms with E-state index in [1.54, 1.807) is 12.1 Å². The first-order valence-electron chi connectivity index (χ1n) is 13.9. The van der Waals surface area contributed by atoms with Gasteiger partial charge in [0.1, 0.15) is 5.52 Å². The predicted octanol–water partition coefficient (Wildman–Crippen LogP) is 5.30. The van der Waals surface area contributed by atoms with E-state index >= 15 is 0 Å². The minimum absolute atomic E-state index is 0.196. The smallest absolute Gasteiger partial charge is 0.300 e. The fourth-order valence-electron chi connectivity index (χ4n) is 6.56. The molecule has 9 heteroatoms. The average Bonchev–Trinajstić information content (AvgIpc) is 3.62. The first kappa shape index (κ1) is 25.3. The van der Waals surface area contributed by atoms with E-state index in [-0.39, 0.29) is 10.7 Å². The van der Waals surface area contributed by atoms with Crippen molar-refractivity contribution in [3.63, 3.8) is 0 Å². The third-order valence-corrected chi connectivity index (χ3v) is 9.61. The molecule has 3 aliphatic rings. The van der Waals surface area contributed by atoms with Crippen LogP contribution in [0.1, 0.15) is 35.7 Å². The number of hydrogen-bond acceptors (Lipinski definition) is 8. The maximum absolute atomic E-state index is 12.6. The van der Waals surface area contributed by atoms with Crippen LogP contribution in [0, 0.1) is 5.92 Å². The van der Waals surface area contributed by atoms with Crippen LogP contribution >= 0.6 is 0 Å².